The third kappa shape index (κ3) is 2.45. The van der Waals surface area contributed by atoms with Crippen molar-refractivity contribution in [2.45, 2.75) is 30.6 Å². The quantitative estimate of drug-likeness (QED) is 0.385. The predicted molar refractivity (Wildman–Crippen MR) is 48.5 cm³/mol. The van der Waals surface area contributed by atoms with Crippen LogP contribution < -0.4 is 0 Å². The van der Waals surface area contributed by atoms with Gasteiger partial charge in [0, 0.05) is 7.05 Å². The van der Waals surface area contributed by atoms with Crippen molar-refractivity contribution < 1.29 is 30.0 Å². The van der Waals surface area contributed by atoms with Crippen LogP contribution in [0.2, 0.25) is 0 Å². The minimum absolute atomic E-state index is 0.445. The molecule has 0 aromatic heterocycles. The molecule has 0 aromatic rings. The molecule has 0 radical (unpaired) electrons. The molecule has 0 bridgehead atoms. The second-order valence-corrected chi connectivity index (χ2v) is 3.45. The first-order valence-electron chi connectivity index (χ1n) is 4.60. The van der Waals surface area contributed by atoms with Crippen molar-refractivity contribution in [2.75, 3.05) is 20.8 Å². The van der Waals surface area contributed by atoms with Gasteiger partial charge in [-0.25, -0.2) is 0 Å². The summed E-state index contributed by atoms with van der Waals surface area (Å²) < 4.78 is 5.17. The van der Waals surface area contributed by atoms with Gasteiger partial charge in [-0.2, -0.15) is 5.06 Å². The summed E-state index contributed by atoms with van der Waals surface area (Å²) in [5.41, 5.74) is 0. The van der Waals surface area contributed by atoms with Crippen molar-refractivity contribution in [2.24, 2.45) is 0 Å². The zero-order valence-electron chi connectivity index (χ0n) is 8.65. The molecule has 0 saturated carbocycles. The number of likely N-dealkylation sites (N-methyl/N-ethyl adjacent to an activating group) is 1. The van der Waals surface area contributed by atoms with Crippen LogP contribution in [0, 0.1) is 0 Å². The topological polar surface area (TPSA) is 103 Å². The van der Waals surface area contributed by atoms with Crippen LogP contribution in [0.4, 0.5) is 0 Å². The van der Waals surface area contributed by atoms with E-state index in [0.29, 0.717) is 0 Å². The van der Waals surface area contributed by atoms with Gasteiger partial charge in [-0.3, -0.25) is 4.84 Å². The van der Waals surface area contributed by atoms with Gasteiger partial charge in [-0.05, 0) is 0 Å². The Labute approximate surface area is 87.4 Å². The van der Waals surface area contributed by atoms with Gasteiger partial charge in [0.1, 0.15) is 24.4 Å². The fourth-order valence-electron chi connectivity index (χ4n) is 1.49. The molecule has 0 aliphatic carbocycles. The summed E-state index contributed by atoms with van der Waals surface area (Å²) in [6.07, 6.45) is -5.85. The average Bonchev–Trinajstić information content (AvgIpc) is 2.25. The number of hydrogen-bond donors (Lipinski definition) is 4. The molecule has 1 saturated heterocycles. The molecule has 1 heterocycles. The highest BCUT2D eigenvalue weighted by Crippen LogP contribution is 2.22. The second kappa shape index (κ2) is 5.17. The van der Waals surface area contributed by atoms with Gasteiger partial charge in [0.15, 0.2) is 6.23 Å². The van der Waals surface area contributed by atoms with E-state index in [1.54, 1.807) is 0 Å². The van der Waals surface area contributed by atoms with Crippen LogP contribution in [0.25, 0.3) is 0 Å². The van der Waals surface area contributed by atoms with Crippen LogP contribution in [-0.4, -0.2) is 76.9 Å². The summed E-state index contributed by atoms with van der Waals surface area (Å²) in [6.45, 7) is -0.445. The van der Waals surface area contributed by atoms with Crippen molar-refractivity contribution in [3.8, 4) is 0 Å². The van der Waals surface area contributed by atoms with E-state index in [4.69, 9.17) is 14.7 Å². The summed E-state index contributed by atoms with van der Waals surface area (Å²) >= 11 is 0. The summed E-state index contributed by atoms with van der Waals surface area (Å²) in [4.78, 5) is 4.81. The normalized spacial score (nSPS) is 42.2. The van der Waals surface area contributed by atoms with E-state index >= 15 is 0 Å². The number of hydroxylamine groups is 2. The van der Waals surface area contributed by atoms with Gasteiger partial charge >= 0.3 is 0 Å². The van der Waals surface area contributed by atoms with E-state index in [1.165, 1.54) is 19.2 Å². The van der Waals surface area contributed by atoms with Crippen LogP contribution in [0.1, 0.15) is 0 Å². The number of hydrogen-bond acceptors (Lipinski definition) is 7. The maximum atomic E-state index is 9.58. The smallest absolute Gasteiger partial charge is 0.161 e. The third-order valence-corrected chi connectivity index (χ3v) is 2.51. The average molecular weight is 223 g/mol. The Hall–Kier alpha value is -0.280. The van der Waals surface area contributed by atoms with E-state index in [9.17, 15) is 15.3 Å². The highest BCUT2D eigenvalue weighted by atomic mass is 16.7. The van der Waals surface area contributed by atoms with Gasteiger partial charge in [0.05, 0.1) is 13.7 Å². The van der Waals surface area contributed by atoms with E-state index in [-0.39, 0.29) is 0 Å². The predicted octanol–water partition coefficient (Wildman–Crippen LogP) is -2.72. The Kier molecular flexibility index (Phi) is 4.41. The lowest BCUT2D eigenvalue weighted by atomic mass is 9.98. The second-order valence-electron chi connectivity index (χ2n) is 3.45. The summed E-state index contributed by atoms with van der Waals surface area (Å²) in [5, 5.41) is 38.6. The summed E-state index contributed by atoms with van der Waals surface area (Å²) in [6, 6.07) is 0. The fourth-order valence-corrected chi connectivity index (χ4v) is 1.49. The van der Waals surface area contributed by atoms with E-state index in [2.05, 4.69) is 0 Å². The van der Waals surface area contributed by atoms with Gasteiger partial charge in [-0.15, -0.1) is 0 Å². The lowest BCUT2D eigenvalue weighted by Crippen LogP contribution is -2.62. The molecule has 3 unspecified atom stereocenters. The molecular weight excluding hydrogens is 206 g/mol. The Morgan fingerprint density at radius 3 is 2.27 bits per heavy atom. The molecule has 1 fully saturated rings. The number of nitrogens with zero attached hydrogens (tertiary/aromatic N) is 1. The number of aliphatic hydroxyl groups is 4. The number of aliphatic hydroxyl groups excluding tert-OH is 4. The first-order valence-corrected chi connectivity index (χ1v) is 4.60. The molecule has 0 spiro atoms. The van der Waals surface area contributed by atoms with Crippen LogP contribution >= 0.6 is 0 Å². The van der Waals surface area contributed by atoms with Gasteiger partial charge < -0.3 is 25.2 Å². The van der Waals surface area contributed by atoms with Crippen molar-refractivity contribution in [1.82, 2.24) is 5.06 Å². The largest absolute Gasteiger partial charge is 0.394 e. The molecule has 7 nitrogen and oxygen atoms in total. The minimum Gasteiger partial charge on any atom is -0.394 e. The Balaban J connectivity index is 2.74. The Bertz CT molecular complexity index is 202. The molecule has 4 N–H and O–H groups in total. The molecule has 15 heavy (non-hydrogen) atoms. The lowest BCUT2D eigenvalue weighted by Gasteiger charge is -2.42. The number of rotatable bonds is 3. The monoisotopic (exact) mass is 223 g/mol. The van der Waals surface area contributed by atoms with Crippen molar-refractivity contribution >= 4 is 0 Å². The van der Waals surface area contributed by atoms with Crippen LogP contribution in [0.3, 0.4) is 0 Å². The van der Waals surface area contributed by atoms with Crippen molar-refractivity contribution in [1.29, 1.82) is 0 Å². The highest BCUT2D eigenvalue weighted by Gasteiger charge is 2.45. The molecule has 1 aliphatic rings. The zero-order valence-corrected chi connectivity index (χ0v) is 8.65. The van der Waals surface area contributed by atoms with Crippen LogP contribution in [0.15, 0.2) is 0 Å². The van der Waals surface area contributed by atoms with Gasteiger partial charge in [0.2, 0.25) is 0 Å². The zero-order chi connectivity index (χ0) is 11.6. The van der Waals surface area contributed by atoms with E-state index in [0.717, 1.165) is 0 Å². The Morgan fingerprint density at radius 1 is 1.20 bits per heavy atom. The van der Waals surface area contributed by atoms with Crippen molar-refractivity contribution in [3.63, 3.8) is 0 Å². The molecular formula is C8H17NO6. The minimum atomic E-state index is -1.38. The summed E-state index contributed by atoms with van der Waals surface area (Å²) in [5.74, 6) is 0. The first-order chi connectivity index (χ1) is 7.02. The van der Waals surface area contributed by atoms with Crippen molar-refractivity contribution in [3.05, 3.63) is 0 Å². The highest BCUT2D eigenvalue weighted by molar-refractivity contribution is 4.90. The van der Waals surface area contributed by atoms with Crippen LogP contribution in [-0.2, 0) is 9.57 Å². The first kappa shape index (κ1) is 12.8. The van der Waals surface area contributed by atoms with E-state index < -0.39 is 37.3 Å². The fraction of sp³-hybridized carbons (Fsp3) is 1.00. The van der Waals surface area contributed by atoms with E-state index in [1.807, 2.05) is 0 Å². The van der Waals surface area contributed by atoms with Gasteiger partial charge in [-0.1, -0.05) is 0 Å². The third-order valence-electron chi connectivity index (χ3n) is 2.51. The standard InChI is InChI=1S/C8H17NO6/c1-9(14-2)8-7(13)6(12)5(11)4(3-10)15-8/h4-8,10-13H,3H2,1-2H3/t4?,5-,6?,7?,8+/m0/s1. The molecule has 0 amide bonds. The van der Waals surface area contributed by atoms with Crippen LogP contribution in [0.5, 0.6) is 0 Å². The molecule has 5 atom stereocenters. The summed E-state index contributed by atoms with van der Waals surface area (Å²) in [7, 11) is 2.88. The molecule has 1 aliphatic heterocycles. The molecule has 1 rings (SSSR count). The molecule has 0 aromatic carbocycles. The maximum Gasteiger partial charge on any atom is 0.161 e. The number of ether oxygens (including phenoxy) is 1. The lowest BCUT2D eigenvalue weighted by molar-refractivity contribution is -0.320. The molecule has 90 valence electrons. The molecule has 7 heteroatoms. The Morgan fingerprint density at radius 2 is 1.80 bits per heavy atom. The van der Waals surface area contributed by atoms with Gasteiger partial charge in [0.25, 0.3) is 0 Å². The maximum absolute atomic E-state index is 9.58. The SMILES string of the molecule is CON(C)[C@@H]1OC(CO)[C@H](O)C(O)C1O.